The first kappa shape index (κ1) is 23.0. The summed E-state index contributed by atoms with van der Waals surface area (Å²) in [5.74, 6) is -0.666. The van der Waals surface area contributed by atoms with Crippen molar-refractivity contribution in [2.75, 3.05) is 18.5 Å². The lowest BCUT2D eigenvalue weighted by atomic mass is 10.2. The highest BCUT2D eigenvalue weighted by Gasteiger charge is 2.12. The zero-order valence-electron chi connectivity index (χ0n) is 18.4. The van der Waals surface area contributed by atoms with Crippen molar-refractivity contribution in [2.45, 2.75) is 33.6 Å². The molecule has 1 aromatic heterocycles. The molecule has 3 aromatic rings. The first-order chi connectivity index (χ1) is 15.4. The van der Waals surface area contributed by atoms with Gasteiger partial charge in [0.05, 0.1) is 18.8 Å². The van der Waals surface area contributed by atoms with Gasteiger partial charge in [-0.1, -0.05) is 13.3 Å². The molecule has 1 heterocycles. The van der Waals surface area contributed by atoms with Gasteiger partial charge in [-0.25, -0.2) is 9.07 Å². The van der Waals surface area contributed by atoms with Crippen molar-refractivity contribution >= 4 is 17.5 Å². The van der Waals surface area contributed by atoms with Crippen LogP contribution in [0.5, 0.6) is 5.75 Å². The summed E-state index contributed by atoms with van der Waals surface area (Å²) >= 11 is 0. The Kier molecular flexibility index (Phi) is 7.59. The predicted octanol–water partition coefficient (Wildman–Crippen LogP) is 4.18. The van der Waals surface area contributed by atoms with Crippen LogP contribution in [-0.2, 0) is 4.79 Å². The standard InChI is InChI=1S/C24H27FN4O3/c1-4-5-12-32-20-9-6-18(7-10-20)24(31)26-15-23(30)27-19-8-11-22(21(25)14-19)29-17(3)13-16(2)28-29/h6-11,13-14H,4-5,12,15H2,1-3H3,(H,26,31)(H,27,30). The number of carbonyl (C=O) groups is 2. The Hall–Kier alpha value is -3.68. The average Bonchev–Trinajstić information content (AvgIpc) is 3.10. The molecule has 2 amide bonds. The zero-order valence-corrected chi connectivity index (χ0v) is 18.4. The molecule has 7 nitrogen and oxygen atoms in total. The number of amides is 2. The number of halogens is 1. The number of hydrogen-bond donors (Lipinski definition) is 2. The molecule has 0 bridgehead atoms. The zero-order chi connectivity index (χ0) is 23.1. The summed E-state index contributed by atoms with van der Waals surface area (Å²) in [6.07, 6.45) is 2.01. The van der Waals surface area contributed by atoms with E-state index in [1.165, 1.54) is 10.7 Å². The van der Waals surface area contributed by atoms with E-state index in [2.05, 4.69) is 22.7 Å². The number of rotatable bonds is 9. The lowest BCUT2D eigenvalue weighted by Crippen LogP contribution is -2.32. The summed E-state index contributed by atoms with van der Waals surface area (Å²) in [5.41, 5.74) is 2.60. The third-order valence-corrected chi connectivity index (χ3v) is 4.76. The minimum atomic E-state index is -0.515. The smallest absolute Gasteiger partial charge is 0.251 e. The van der Waals surface area contributed by atoms with Crippen LogP contribution in [0, 0.1) is 19.7 Å². The van der Waals surface area contributed by atoms with Gasteiger partial charge in [-0.2, -0.15) is 5.10 Å². The third kappa shape index (κ3) is 5.94. The van der Waals surface area contributed by atoms with E-state index in [0.717, 1.165) is 24.2 Å². The van der Waals surface area contributed by atoms with E-state index in [1.807, 2.05) is 19.9 Å². The van der Waals surface area contributed by atoms with Gasteiger partial charge in [0.25, 0.3) is 5.91 Å². The Labute approximate surface area is 186 Å². The highest BCUT2D eigenvalue weighted by molar-refractivity contribution is 5.99. The molecule has 0 aliphatic rings. The van der Waals surface area contributed by atoms with Crippen molar-refractivity contribution < 1.29 is 18.7 Å². The fourth-order valence-corrected chi connectivity index (χ4v) is 3.13. The van der Waals surface area contributed by atoms with E-state index in [0.29, 0.717) is 29.3 Å². The molecule has 0 saturated heterocycles. The van der Waals surface area contributed by atoms with Crippen LogP contribution >= 0.6 is 0 Å². The van der Waals surface area contributed by atoms with Crippen molar-refractivity contribution in [3.8, 4) is 11.4 Å². The number of carbonyl (C=O) groups excluding carboxylic acids is 2. The number of aromatic nitrogens is 2. The van der Waals surface area contributed by atoms with Gasteiger partial charge in [-0.05, 0) is 68.8 Å². The quantitative estimate of drug-likeness (QED) is 0.491. The Balaban J connectivity index is 1.53. The molecule has 168 valence electrons. The minimum absolute atomic E-state index is 0.242. The molecule has 0 radical (unpaired) electrons. The summed E-state index contributed by atoms with van der Waals surface area (Å²) in [7, 11) is 0. The maximum absolute atomic E-state index is 14.5. The predicted molar refractivity (Wildman–Crippen MR) is 121 cm³/mol. The maximum Gasteiger partial charge on any atom is 0.251 e. The summed E-state index contributed by atoms with van der Waals surface area (Å²) in [6, 6.07) is 12.9. The van der Waals surface area contributed by atoms with Gasteiger partial charge in [0.1, 0.15) is 11.4 Å². The Morgan fingerprint density at radius 3 is 2.47 bits per heavy atom. The van der Waals surface area contributed by atoms with Crippen LogP contribution in [-0.4, -0.2) is 34.7 Å². The number of unbranched alkanes of at least 4 members (excludes halogenated alkanes) is 1. The molecule has 3 rings (SSSR count). The van der Waals surface area contributed by atoms with Gasteiger partial charge in [-0.15, -0.1) is 0 Å². The van der Waals surface area contributed by atoms with Crippen molar-refractivity contribution in [1.82, 2.24) is 15.1 Å². The second-order valence-electron chi connectivity index (χ2n) is 7.46. The fraction of sp³-hybridized carbons (Fsp3) is 0.292. The largest absolute Gasteiger partial charge is 0.494 e. The summed E-state index contributed by atoms with van der Waals surface area (Å²) < 4.78 is 21.6. The molecule has 2 N–H and O–H groups in total. The van der Waals surface area contributed by atoms with Gasteiger partial charge in [0.2, 0.25) is 5.91 Å². The van der Waals surface area contributed by atoms with E-state index in [1.54, 1.807) is 36.4 Å². The molecule has 0 spiro atoms. The van der Waals surface area contributed by atoms with Crippen LogP contribution in [0.15, 0.2) is 48.5 Å². The average molecular weight is 439 g/mol. The van der Waals surface area contributed by atoms with Crippen LogP contribution < -0.4 is 15.4 Å². The Bertz CT molecular complexity index is 1090. The van der Waals surface area contributed by atoms with Crippen molar-refractivity contribution in [3.63, 3.8) is 0 Å². The number of anilines is 1. The molecule has 0 saturated carbocycles. The summed E-state index contributed by atoms with van der Waals surface area (Å²) in [5, 5.41) is 9.40. The first-order valence-corrected chi connectivity index (χ1v) is 10.5. The van der Waals surface area contributed by atoms with Crippen LogP contribution in [0.25, 0.3) is 5.69 Å². The fourth-order valence-electron chi connectivity index (χ4n) is 3.13. The molecule has 0 aliphatic heterocycles. The van der Waals surface area contributed by atoms with E-state index in [-0.39, 0.29) is 12.5 Å². The lowest BCUT2D eigenvalue weighted by molar-refractivity contribution is -0.115. The third-order valence-electron chi connectivity index (χ3n) is 4.76. The SMILES string of the molecule is CCCCOc1ccc(C(=O)NCC(=O)Nc2ccc(-n3nc(C)cc3C)c(F)c2)cc1. The number of benzene rings is 2. The Morgan fingerprint density at radius 2 is 1.84 bits per heavy atom. The molecule has 8 heteroatoms. The van der Waals surface area contributed by atoms with Gasteiger partial charge in [0, 0.05) is 16.9 Å². The molecular formula is C24H27FN4O3. The Morgan fingerprint density at radius 1 is 1.09 bits per heavy atom. The number of ether oxygens (including phenoxy) is 1. The van der Waals surface area contributed by atoms with Crippen LogP contribution in [0.3, 0.4) is 0 Å². The van der Waals surface area contributed by atoms with Gasteiger partial charge < -0.3 is 15.4 Å². The normalized spacial score (nSPS) is 10.6. The molecule has 2 aromatic carbocycles. The molecule has 32 heavy (non-hydrogen) atoms. The number of aryl methyl sites for hydroxylation is 2. The van der Waals surface area contributed by atoms with E-state index < -0.39 is 11.7 Å². The summed E-state index contributed by atoms with van der Waals surface area (Å²) in [4.78, 5) is 24.4. The van der Waals surface area contributed by atoms with Gasteiger partial charge >= 0.3 is 0 Å². The summed E-state index contributed by atoms with van der Waals surface area (Å²) in [6.45, 7) is 6.14. The van der Waals surface area contributed by atoms with Crippen LogP contribution in [0.1, 0.15) is 41.5 Å². The van der Waals surface area contributed by atoms with Crippen LogP contribution in [0.4, 0.5) is 10.1 Å². The van der Waals surface area contributed by atoms with E-state index >= 15 is 0 Å². The molecule has 0 aliphatic carbocycles. The van der Waals surface area contributed by atoms with Gasteiger partial charge in [0.15, 0.2) is 5.82 Å². The van der Waals surface area contributed by atoms with E-state index in [9.17, 15) is 14.0 Å². The highest BCUT2D eigenvalue weighted by atomic mass is 19.1. The minimum Gasteiger partial charge on any atom is -0.494 e. The van der Waals surface area contributed by atoms with Crippen molar-refractivity contribution in [2.24, 2.45) is 0 Å². The molecule has 0 atom stereocenters. The number of nitrogens with zero attached hydrogens (tertiary/aromatic N) is 2. The molecular weight excluding hydrogens is 411 g/mol. The van der Waals surface area contributed by atoms with Crippen molar-refractivity contribution in [3.05, 3.63) is 71.3 Å². The maximum atomic E-state index is 14.5. The monoisotopic (exact) mass is 438 g/mol. The van der Waals surface area contributed by atoms with E-state index in [4.69, 9.17) is 4.74 Å². The van der Waals surface area contributed by atoms with Crippen molar-refractivity contribution in [1.29, 1.82) is 0 Å². The highest BCUT2D eigenvalue weighted by Crippen LogP contribution is 2.20. The molecule has 0 unspecified atom stereocenters. The topological polar surface area (TPSA) is 85.2 Å². The number of nitrogens with one attached hydrogen (secondary N) is 2. The lowest BCUT2D eigenvalue weighted by Gasteiger charge is -2.10. The van der Waals surface area contributed by atoms with Crippen LogP contribution in [0.2, 0.25) is 0 Å². The first-order valence-electron chi connectivity index (χ1n) is 10.5. The van der Waals surface area contributed by atoms with Gasteiger partial charge in [-0.3, -0.25) is 9.59 Å². The second-order valence-corrected chi connectivity index (χ2v) is 7.46. The number of hydrogen-bond acceptors (Lipinski definition) is 4. The molecule has 0 fully saturated rings. The second kappa shape index (κ2) is 10.6.